The fraction of sp³-hybridized carbons (Fsp3) is 0.455. The summed E-state index contributed by atoms with van der Waals surface area (Å²) in [5.74, 6) is 0.967. The van der Waals surface area contributed by atoms with Crippen molar-refractivity contribution in [3.63, 3.8) is 0 Å². The van der Waals surface area contributed by atoms with Crippen molar-refractivity contribution < 1.29 is 9.84 Å². The summed E-state index contributed by atoms with van der Waals surface area (Å²) < 4.78 is 5.53. The molecule has 1 aliphatic heterocycles. The summed E-state index contributed by atoms with van der Waals surface area (Å²) in [5, 5.41) is 12.0. The monoisotopic (exact) mass is 193 g/mol. The first-order valence-electron chi connectivity index (χ1n) is 4.98. The third-order valence-electron chi connectivity index (χ3n) is 2.46. The molecule has 0 saturated heterocycles. The van der Waals surface area contributed by atoms with Crippen molar-refractivity contribution in [3.8, 4) is 5.75 Å². The number of nitrogens with one attached hydrogen (secondary N) is 1. The van der Waals surface area contributed by atoms with E-state index >= 15 is 0 Å². The molecule has 14 heavy (non-hydrogen) atoms. The Hall–Kier alpha value is -1.06. The van der Waals surface area contributed by atoms with Crippen LogP contribution in [0.1, 0.15) is 18.0 Å². The van der Waals surface area contributed by atoms with Crippen LogP contribution in [0.2, 0.25) is 0 Å². The highest BCUT2D eigenvalue weighted by molar-refractivity contribution is 5.37. The van der Waals surface area contributed by atoms with Gasteiger partial charge in [-0.15, -0.1) is 0 Å². The largest absolute Gasteiger partial charge is 0.493 e. The quantitative estimate of drug-likeness (QED) is 0.755. The normalized spacial score (nSPS) is 19.9. The van der Waals surface area contributed by atoms with E-state index in [2.05, 4.69) is 11.4 Å². The van der Waals surface area contributed by atoms with Crippen LogP contribution in [-0.2, 0) is 0 Å². The molecule has 3 heteroatoms. The number of rotatable bonds is 3. The van der Waals surface area contributed by atoms with Gasteiger partial charge in [-0.1, -0.05) is 18.2 Å². The number of aliphatic hydroxyl groups is 1. The Bertz CT molecular complexity index is 301. The highest BCUT2D eigenvalue weighted by Gasteiger charge is 2.19. The lowest BCUT2D eigenvalue weighted by Gasteiger charge is -2.26. The number of ether oxygens (including phenoxy) is 1. The molecule has 0 fully saturated rings. The van der Waals surface area contributed by atoms with Gasteiger partial charge in [-0.3, -0.25) is 0 Å². The van der Waals surface area contributed by atoms with Gasteiger partial charge in [0.05, 0.1) is 13.2 Å². The molecule has 76 valence electrons. The Morgan fingerprint density at radius 1 is 1.43 bits per heavy atom. The SMILES string of the molecule is OCCNC1CCOc2ccccc21. The topological polar surface area (TPSA) is 41.5 Å². The summed E-state index contributed by atoms with van der Waals surface area (Å²) in [6, 6.07) is 8.38. The number of benzene rings is 1. The second-order valence-corrected chi connectivity index (χ2v) is 3.41. The molecule has 0 aliphatic carbocycles. The van der Waals surface area contributed by atoms with Gasteiger partial charge in [0.1, 0.15) is 5.75 Å². The zero-order valence-corrected chi connectivity index (χ0v) is 8.07. The van der Waals surface area contributed by atoms with Crippen molar-refractivity contribution in [2.75, 3.05) is 19.8 Å². The second-order valence-electron chi connectivity index (χ2n) is 3.41. The number of hydrogen-bond donors (Lipinski definition) is 2. The lowest BCUT2D eigenvalue weighted by molar-refractivity contribution is 0.237. The minimum atomic E-state index is 0.180. The molecule has 1 aromatic carbocycles. The van der Waals surface area contributed by atoms with Crippen molar-refractivity contribution in [2.24, 2.45) is 0 Å². The van der Waals surface area contributed by atoms with E-state index in [1.165, 1.54) is 5.56 Å². The fourth-order valence-electron chi connectivity index (χ4n) is 1.79. The van der Waals surface area contributed by atoms with Crippen molar-refractivity contribution >= 4 is 0 Å². The minimum Gasteiger partial charge on any atom is -0.493 e. The van der Waals surface area contributed by atoms with Crippen molar-refractivity contribution in [2.45, 2.75) is 12.5 Å². The Morgan fingerprint density at radius 2 is 2.29 bits per heavy atom. The third-order valence-corrected chi connectivity index (χ3v) is 2.46. The second kappa shape index (κ2) is 4.44. The lowest BCUT2D eigenvalue weighted by Crippen LogP contribution is -2.29. The summed E-state index contributed by atoms with van der Waals surface area (Å²) >= 11 is 0. The molecule has 0 bridgehead atoms. The molecular formula is C11H15NO2. The molecule has 1 atom stereocenters. The van der Waals surface area contributed by atoms with Crippen LogP contribution in [0, 0.1) is 0 Å². The molecule has 2 rings (SSSR count). The minimum absolute atomic E-state index is 0.180. The van der Waals surface area contributed by atoms with Crippen molar-refractivity contribution in [1.82, 2.24) is 5.32 Å². The van der Waals surface area contributed by atoms with E-state index in [0.29, 0.717) is 12.6 Å². The van der Waals surface area contributed by atoms with Crippen molar-refractivity contribution in [3.05, 3.63) is 29.8 Å². The first kappa shape index (κ1) is 9.49. The third kappa shape index (κ3) is 1.89. The Kier molecular flexibility index (Phi) is 3.01. The van der Waals surface area contributed by atoms with Crippen LogP contribution in [0.25, 0.3) is 0 Å². The van der Waals surface area contributed by atoms with Gasteiger partial charge in [0.25, 0.3) is 0 Å². The lowest BCUT2D eigenvalue weighted by atomic mass is 10.0. The maximum absolute atomic E-state index is 8.75. The van der Waals surface area contributed by atoms with E-state index in [9.17, 15) is 0 Å². The molecular weight excluding hydrogens is 178 g/mol. The molecule has 1 unspecified atom stereocenters. The van der Waals surface area contributed by atoms with Gasteiger partial charge in [-0.25, -0.2) is 0 Å². The molecule has 1 aromatic rings. The van der Waals surface area contributed by atoms with Gasteiger partial charge in [0, 0.05) is 24.6 Å². The van der Waals surface area contributed by atoms with Gasteiger partial charge in [0.2, 0.25) is 0 Å². The molecule has 1 aliphatic rings. The molecule has 0 radical (unpaired) electrons. The predicted octanol–water partition coefficient (Wildman–Crippen LogP) is 1.09. The van der Waals surface area contributed by atoms with E-state index < -0.39 is 0 Å². The highest BCUT2D eigenvalue weighted by Crippen LogP contribution is 2.31. The van der Waals surface area contributed by atoms with Crippen LogP contribution in [-0.4, -0.2) is 24.9 Å². The average Bonchev–Trinajstić information content (AvgIpc) is 2.26. The van der Waals surface area contributed by atoms with E-state index in [4.69, 9.17) is 9.84 Å². The smallest absolute Gasteiger partial charge is 0.124 e. The van der Waals surface area contributed by atoms with Crippen LogP contribution < -0.4 is 10.1 Å². The molecule has 0 aromatic heterocycles. The highest BCUT2D eigenvalue weighted by atomic mass is 16.5. The fourth-order valence-corrected chi connectivity index (χ4v) is 1.79. The number of fused-ring (bicyclic) bond motifs is 1. The standard InChI is InChI=1S/C11H15NO2/c13-7-6-12-10-5-8-14-11-4-2-1-3-9(10)11/h1-4,10,12-13H,5-8H2. The number of para-hydroxylation sites is 1. The Balaban J connectivity index is 2.14. The van der Waals surface area contributed by atoms with Crippen LogP contribution in [0.5, 0.6) is 5.75 Å². The first-order valence-corrected chi connectivity index (χ1v) is 4.98. The number of hydrogen-bond acceptors (Lipinski definition) is 3. The van der Waals surface area contributed by atoms with Gasteiger partial charge >= 0.3 is 0 Å². The van der Waals surface area contributed by atoms with Crippen LogP contribution >= 0.6 is 0 Å². The summed E-state index contributed by atoms with van der Waals surface area (Å²) in [6.45, 7) is 1.57. The Labute approximate surface area is 83.7 Å². The summed E-state index contributed by atoms with van der Waals surface area (Å²) in [6.07, 6.45) is 0.969. The maximum Gasteiger partial charge on any atom is 0.124 e. The summed E-state index contributed by atoms with van der Waals surface area (Å²) in [4.78, 5) is 0. The van der Waals surface area contributed by atoms with E-state index in [0.717, 1.165) is 18.8 Å². The van der Waals surface area contributed by atoms with Gasteiger partial charge in [0.15, 0.2) is 0 Å². The van der Waals surface area contributed by atoms with E-state index in [-0.39, 0.29) is 6.61 Å². The first-order chi connectivity index (χ1) is 6.92. The van der Waals surface area contributed by atoms with E-state index in [1.807, 2.05) is 18.2 Å². The molecule has 0 amide bonds. The van der Waals surface area contributed by atoms with Crippen LogP contribution in [0.4, 0.5) is 0 Å². The van der Waals surface area contributed by atoms with Crippen LogP contribution in [0.3, 0.4) is 0 Å². The number of aliphatic hydroxyl groups excluding tert-OH is 1. The van der Waals surface area contributed by atoms with Gasteiger partial charge in [-0.05, 0) is 6.07 Å². The molecule has 0 saturated carbocycles. The van der Waals surface area contributed by atoms with E-state index in [1.54, 1.807) is 0 Å². The zero-order valence-electron chi connectivity index (χ0n) is 8.07. The van der Waals surface area contributed by atoms with Crippen molar-refractivity contribution in [1.29, 1.82) is 0 Å². The Morgan fingerprint density at radius 3 is 3.14 bits per heavy atom. The van der Waals surface area contributed by atoms with Crippen LogP contribution in [0.15, 0.2) is 24.3 Å². The molecule has 0 spiro atoms. The van der Waals surface area contributed by atoms with Gasteiger partial charge < -0.3 is 15.2 Å². The molecule has 2 N–H and O–H groups in total. The summed E-state index contributed by atoms with van der Waals surface area (Å²) in [5.41, 5.74) is 1.20. The maximum atomic E-state index is 8.75. The molecule has 3 nitrogen and oxygen atoms in total. The summed E-state index contributed by atoms with van der Waals surface area (Å²) in [7, 11) is 0. The zero-order chi connectivity index (χ0) is 9.80. The molecule has 1 heterocycles. The average molecular weight is 193 g/mol. The van der Waals surface area contributed by atoms with Gasteiger partial charge in [-0.2, -0.15) is 0 Å². The predicted molar refractivity (Wildman–Crippen MR) is 54.4 cm³/mol.